The Morgan fingerprint density at radius 3 is 2.57 bits per heavy atom. The molecule has 0 aliphatic heterocycles. The fraction of sp³-hybridized carbons (Fsp3) is 0.133. The molecule has 0 amide bonds. The molecule has 0 spiro atoms. The summed E-state index contributed by atoms with van der Waals surface area (Å²) in [7, 11) is 1.55. The van der Waals surface area contributed by atoms with Crippen LogP contribution >= 0.6 is 0 Å². The molecule has 0 aliphatic carbocycles. The molecule has 0 aromatic heterocycles. The molecule has 2 aromatic carbocycles. The van der Waals surface area contributed by atoms with Gasteiger partial charge in [0.2, 0.25) is 0 Å². The number of alkyl halides is 3. The fourth-order valence-electron chi connectivity index (χ4n) is 1.67. The number of rotatable bonds is 4. The van der Waals surface area contributed by atoms with E-state index in [1.165, 1.54) is 18.3 Å². The minimum Gasteiger partial charge on any atom is -0.497 e. The Bertz CT molecular complexity index is 639. The SMILES string of the molecule is COc1cccc(/C=N/Nc2cccc(C(F)(F)F)c2)c1. The molecule has 6 heteroatoms. The fourth-order valence-corrected chi connectivity index (χ4v) is 1.67. The first-order chi connectivity index (χ1) is 9.99. The van der Waals surface area contributed by atoms with E-state index in [2.05, 4.69) is 10.5 Å². The number of nitrogens with zero attached hydrogens (tertiary/aromatic N) is 1. The van der Waals surface area contributed by atoms with Crippen molar-refractivity contribution >= 4 is 11.9 Å². The lowest BCUT2D eigenvalue weighted by Gasteiger charge is -2.08. The number of methoxy groups -OCH3 is 1. The summed E-state index contributed by atoms with van der Waals surface area (Å²) in [6.45, 7) is 0. The molecule has 0 atom stereocenters. The summed E-state index contributed by atoms with van der Waals surface area (Å²) in [6.07, 6.45) is -2.86. The number of hydrazone groups is 1. The number of ether oxygens (including phenoxy) is 1. The molecule has 0 aliphatic rings. The minimum absolute atomic E-state index is 0.268. The first-order valence-corrected chi connectivity index (χ1v) is 6.09. The highest BCUT2D eigenvalue weighted by Crippen LogP contribution is 2.30. The second kappa shape index (κ2) is 6.30. The average molecular weight is 294 g/mol. The van der Waals surface area contributed by atoms with Crippen LogP contribution in [0.4, 0.5) is 18.9 Å². The highest BCUT2D eigenvalue weighted by molar-refractivity contribution is 5.80. The predicted molar refractivity (Wildman–Crippen MR) is 75.7 cm³/mol. The Kier molecular flexibility index (Phi) is 4.47. The molecule has 21 heavy (non-hydrogen) atoms. The smallest absolute Gasteiger partial charge is 0.416 e. The van der Waals surface area contributed by atoms with Gasteiger partial charge >= 0.3 is 6.18 Å². The molecule has 0 saturated carbocycles. The van der Waals surface area contributed by atoms with Gasteiger partial charge in [0.05, 0.1) is 24.6 Å². The van der Waals surface area contributed by atoms with E-state index in [0.29, 0.717) is 5.75 Å². The number of anilines is 1. The molecule has 0 heterocycles. The lowest BCUT2D eigenvalue weighted by molar-refractivity contribution is -0.137. The van der Waals surface area contributed by atoms with Gasteiger partial charge in [0.25, 0.3) is 0 Å². The average Bonchev–Trinajstić information content (AvgIpc) is 2.47. The molecule has 0 saturated heterocycles. The summed E-state index contributed by atoms with van der Waals surface area (Å²) in [6, 6.07) is 12.0. The van der Waals surface area contributed by atoms with Crippen molar-refractivity contribution in [1.29, 1.82) is 0 Å². The molecule has 0 radical (unpaired) electrons. The molecular formula is C15H13F3N2O. The largest absolute Gasteiger partial charge is 0.497 e. The Morgan fingerprint density at radius 2 is 1.86 bits per heavy atom. The van der Waals surface area contributed by atoms with Crippen molar-refractivity contribution in [3.05, 3.63) is 59.7 Å². The Labute approximate surface area is 120 Å². The molecule has 0 fully saturated rings. The quantitative estimate of drug-likeness (QED) is 0.678. The monoisotopic (exact) mass is 294 g/mol. The van der Waals surface area contributed by atoms with Crippen molar-refractivity contribution in [3.63, 3.8) is 0 Å². The van der Waals surface area contributed by atoms with Crippen LogP contribution in [0.1, 0.15) is 11.1 Å². The highest BCUT2D eigenvalue weighted by Gasteiger charge is 2.30. The molecule has 2 rings (SSSR count). The third kappa shape index (κ3) is 4.24. The summed E-state index contributed by atoms with van der Waals surface area (Å²) in [4.78, 5) is 0. The maximum Gasteiger partial charge on any atom is 0.416 e. The van der Waals surface area contributed by atoms with Crippen LogP contribution in [-0.2, 0) is 6.18 Å². The third-order valence-electron chi connectivity index (χ3n) is 2.69. The van der Waals surface area contributed by atoms with Crippen molar-refractivity contribution < 1.29 is 17.9 Å². The highest BCUT2D eigenvalue weighted by atomic mass is 19.4. The van der Waals surface area contributed by atoms with Gasteiger partial charge < -0.3 is 4.74 Å². The first-order valence-electron chi connectivity index (χ1n) is 6.09. The van der Waals surface area contributed by atoms with E-state index >= 15 is 0 Å². The van der Waals surface area contributed by atoms with Crippen molar-refractivity contribution in [2.45, 2.75) is 6.18 Å². The van der Waals surface area contributed by atoms with E-state index in [4.69, 9.17) is 4.74 Å². The molecular weight excluding hydrogens is 281 g/mol. The Balaban J connectivity index is 2.07. The van der Waals surface area contributed by atoms with Crippen LogP contribution in [-0.4, -0.2) is 13.3 Å². The minimum atomic E-state index is -4.37. The van der Waals surface area contributed by atoms with Crippen molar-refractivity contribution in [1.82, 2.24) is 0 Å². The van der Waals surface area contributed by atoms with E-state index in [1.54, 1.807) is 31.4 Å². The van der Waals surface area contributed by atoms with Gasteiger partial charge in [0.1, 0.15) is 5.75 Å². The van der Waals surface area contributed by atoms with Gasteiger partial charge in [-0.3, -0.25) is 5.43 Å². The van der Waals surface area contributed by atoms with Gasteiger partial charge in [0, 0.05) is 0 Å². The zero-order valence-corrected chi connectivity index (χ0v) is 11.2. The van der Waals surface area contributed by atoms with E-state index in [0.717, 1.165) is 17.7 Å². The van der Waals surface area contributed by atoms with Gasteiger partial charge in [-0.1, -0.05) is 18.2 Å². The number of benzene rings is 2. The Morgan fingerprint density at radius 1 is 1.10 bits per heavy atom. The molecule has 3 nitrogen and oxygen atoms in total. The van der Waals surface area contributed by atoms with Crippen LogP contribution in [0, 0.1) is 0 Å². The molecule has 2 aromatic rings. The normalized spacial score (nSPS) is 11.6. The van der Waals surface area contributed by atoms with E-state index < -0.39 is 11.7 Å². The predicted octanol–water partition coefficient (Wildman–Crippen LogP) is 4.16. The summed E-state index contributed by atoms with van der Waals surface area (Å²) in [5.74, 6) is 0.679. The van der Waals surface area contributed by atoms with Crippen molar-refractivity contribution in [2.24, 2.45) is 5.10 Å². The van der Waals surface area contributed by atoms with Gasteiger partial charge in [-0.05, 0) is 35.9 Å². The summed E-state index contributed by atoms with van der Waals surface area (Å²) in [5.41, 5.74) is 2.89. The van der Waals surface area contributed by atoms with Gasteiger partial charge in [0.15, 0.2) is 0 Å². The number of nitrogens with one attached hydrogen (secondary N) is 1. The summed E-state index contributed by atoms with van der Waals surface area (Å²) >= 11 is 0. The third-order valence-corrected chi connectivity index (χ3v) is 2.69. The second-order valence-electron chi connectivity index (χ2n) is 4.23. The zero-order chi connectivity index (χ0) is 15.3. The number of hydrogen-bond acceptors (Lipinski definition) is 3. The van der Waals surface area contributed by atoms with Crippen LogP contribution < -0.4 is 10.2 Å². The maximum atomic E-state index is 12.6. The topological polar surface area (TPSA) is 33.6 Å². The number of halogens is 3. The lowest BCUT2D eigenvalue weighted by Crippen LogP contribution is -2.05. The molecule has 0 bridgehead atoms. The van der Waals surface area contributed by atoms with Crippen molar-refractivity contribution in [3.8, 4) is 5.75 Å². The zero-order valence-electron chi connectivity index (χ0n) is 11.2. The standard InChI is InChI=1S/C15H13F3N2O/c1-21-14-7-2-4-11(8-14)10-19-20-13-6-3-5-12(9-13)15(16,17)18/h2-10,20H,1H3/b19-10+. The van der Waals surface area contributed by atoms with Crippen LogP contribution in [0.3, 0.4) is 0 Å². The van der Waals surface area contributed by atoms with Crippen LogP contribution in [0.5, 0.6) is 5.75 Å². The molecule has 1 N–H and O–H groups in total. The van der Waals surface area contributed by atoms with E-state index in [1.807, 2.05) is 0 Å². The van der Waals surface area contributed by atoms with Gasteiger partial charge in [-0.15, -0.1) is 0 Å². The molecule has 0 unspecified atom stereocenters. The van der Waals surface area contributed by atoms with Crippen LogP contribution in [0.25, 0.3) is 0 Å². The van der Waals surface area contributed by atoms with Gasteiger partial charge in [-0.25, -0.2) is 0 Å². The summed E-state index contributed by atoms with van der Waals surface area (Å²) in [5, 5.41) is 3.91. The van der Waals surface area contributed by atoms with Crippen LogP contribution in [0.2, 0.25) is 0 Å². The Hall–Kier alpha value is -2.50. The van der Waals surface area contributed by atoms with Crippen LogP contribution in [0.15, 0.2) is 53.6 Å². The van der Waals surface area contributed by atoms with Gasteiger partial charge in [-0.2, -0.15) is 18.3 Å². The maximum absolute atomic E-state index is 12.6. The second-order valence-corrected chi connectivity index (χ2v) is 4.23. The van der Waals surface area contributed by atoms with E-state index in [-0.39, 0.29) is 5.69 Å². The number of hydrogen-bond donors (Lipinski definition) is 1. The van der Waals surface area contributed by atoms with Crippen molar-refractivity contribution in [2.75, 3.05) is 12.5 Å². The summed E-state index contributed by atoms with van der Waals surface area (Å²) < 4.78 is 42.7. The lowest BCUT2D eigenvalue weighted by atomic mass is 10.2. The first kappa shape index (κ1) is 14.9. The molecule has 110 valence electrons. The van der Waals surface area contributed by atoms with E-state index in [9.17, 15) is 13.2 Å².